The summed E-state index contributed by atoms with van der Waals surface area (Å²) in [6.07, 6.45) is 10.9. The molecule has 4 atom stereocenters. The van der Waals surface area contributed by atoms with Crippen molar-refractivity contribution in [2.24, 2.45) is 23.7 Å². The van der Waals surface area contributed by atoms with E-state index in [4.69, 9.17) is 0 Å². The third-order valence-corrected chi connectivity index (χ3v) is 3.74. The van der Waals surface area contributed by atoms with E-state index in [9.17, 15) is 0 Å². The Labute approximate surface area is 62.3 Å². The van der Waals surface area contributed by atoms with Gasteiger partial charge in [0.2, 0.25) is 0 Å². The fraction of sp³-hybridized carbons (Fsp3) is 0.800. The van der Waals surface area contributed by atoms with Crippen LogP contribution < -0.4 is 0 Å². The Hall–Kier alpha value is -0.260. The summed E-state index contributed by atoms with van der Waals surface area (Å²) in [4.78, 5) is 0. The van der Waals surface area contributed by atoms with Crippen LogP contribution in [0.2, 0.25) is 0 Å². The van der Waals surface area contributed by atoms with Crippen molar-refractivity contribution < 1.29 is 0 Å². The summed E-state index contributed by atoms with van der Waals surface area (Å²) >= 11 is 0. The third-order valence-electron chi connectivity index (χ3n) is 3.74. The van der Waals surface area contributed by atoms with E-state index in [-0.39, 0.29) is 0 Å². The van der Waals surface area contributed by atoms with E-state index in [2.05, 4.69) is 12.2 Å². The summed E-state index contributed by atoms with van der Waals surface area (Å²) in [7, 11) is 0. The molecule has 0 heterocycles. The quantitative estimate of drug-likeness (QED) is 0.447. The van der Waals surface area contributed by atoms with Crippen LogP contribution in [0.1, 0.15) is 25.7 Å². The molecule has 3 rings (SSSR count). The van der Waals surface area contributed by atoms with Gasteiger partial charge in [0, 0.05) is 0 Å². The Morgan fingerprint density at radius 3 is 3.10 bits per heavy atom. The molecule has 0 radical (unpaired) electrons. The molecule has 3 aliphatic rings. The summed E-state index contributed by atoms with van der Waals surface area (Å²) < 4.78 is 0. The van der Waals surface area contributed by atoms with Crippen LogP contribution in [0.5, 0.6) is 0 Å². The van der Waals surface area contributed by atoms with Crippen LogP contribution in [0.15, 0.2) is 12.2 Å². The highest BCUT2D eigenvalue weighted by atomic mass is 14.5. The minimum atomic E-state index is 1.00. The summed E-state index contributed by atoms with van der Waals surface area (Å²) in [5, 5.41) is 0. The summed E-state index contributed by atoms with van der Waals surface area (Å²) in [6, 6.07) is 0. The molecular formula is C10H14. The van der Waals surface area contributed by atoms with Crippen molar-refractivity contribution in [3.63, 3.8) is 0 Å². The monoisotopic (exact) mass is 134 g/mol. The van der Waals surface area contributed by atoms with Crippen molar-refractivity contribution in [3.8, 4) is 0 Å². The number of allylic oxidation sites excluding steroid dienone is 2. The molecule has 0 bridgehead atoms. The van der Waals surface area contributed by atoms with E-state index < -0.39 is 0 Å². The lowest BCUT2D eigenvalue weighted by atomic mass is 9.81. The smallest absolute Gasteiger partial charge is 0.0199 e. The molecule has 3 aliphatic carbocycles. The Balaban J connectivity index is 1.86. The predicted molar refractivity (Wildman–Crippen MR) is 41.6 cm³/mol. The van der Waals surface area contributed by atoms with Gasteiger partial charge in [-0.1, -0.05) is 12.2 Å². The zero-order valence-electron chi connectivity index (χ0n) is 6.29. The molecule has 0 aromatic carbocycles. The van der Waals surface area contributed by atoms with Crippen molar-refractivity contribution >= 4 is 0 Å². The van der Waals surface area contributed by atoms with Crippen LogP contribution in [0.4, 0.5) is 0 Å². The molecule has 0 aromatic rings. The van der Waals surface area contributed by atoms with E-state index in [1.807, 2.05) is 0 Å². The average molecular weight is 134 g/mol. The molecule has 54 valence electrons. The van der Waals surface area contributed by atoms with Crippen molar-refractivity contribution in [1.29, 1.82) is 0 Å². The van der Waals surface area contributed by atoms with E-state index in [0.29, 0.717) is 0 Å². The third kappa shape index (κ3) is 0.574. The second kappa shape index (κ2) is 1.66. The van der Waals surface area contributed by atoms with Crippen LogP contribution in [-0.2, 0) is 0 Å². The first kappa shape index (κ1) is 5.40. The molecule has 0 amide bonds. The molecule has 10 heavy (non-hydrogen) atoms. The molecule has 0 nitrogen and oxygen atoms in total. The lowest BCUT2D eigenvalue weighted by Crippen LogP contribution is -2.16. The number of hydrogen-bond donors (Lipinski definition) is 0. The zero-order valence-corrected chi connectivity index (χ0v) is 6.29. The van der Waals surface area contributed by atoms with Gasteiger partial charge in [-0.2, -0.15) is 0 Å². The van der Waals surface area contributed by atoms with Crippen LogP contribution in [-0.4, -0.2) is 0 Å². The summed E-state index contributed by atoms with van der Waals surface area (Å²) in [5.74, 6) is 4.43. The molecule has 2 fully saturated rings. The lowest BCUT2D eigenvalue weighted by Gasteiger charge is -2.23. The van der Waals surface area contributed by atoms with Gasteiger partial charge in [0.25, 0.3) is 0 Å². The first-order chi connectivity index (χ1) is 4.95. The minimum absolute atomic E-state index is 1.00. The van der Waals surface area contributed by atoms with Crippen molar-refractivity contribution in [2.45, 2.75) is 25.7 Å². The second-order valence-corrected chi connectivity index (χ2v) is 4.23. The maximum absolute atomic E-state index is 2.47. The van der Waals surface area contributed by atoms with Crippen LogP contribution in [0.25, 0.3) is 0 Å². The topological polar surface area (TPSA) is 0 Å². The first-order valence-electron chi connectivity index (χ1n) is 4.62. The SMILES string of the molecule is C1=CC2CCC3CC3C2C1. The molecule has 2 saturated carbocycles. The zero-order chi connectivity index (χ0) is 6.55. The maximum atomic E-state index is 2.47. The van der Waals surface area contributed by atoms with E-state index in [1.54, 1.807) is 6.42 Å². The second-order valence-electron chi connectivity index (χ2n) is 4.23. The van der Waals surface area contributed by atoms with Gasteiger partial charge in [0.15, 0.2) is 0 Å². The first-order valence-corrected chi connectivity index (χ1v) is 4.62. The maximum Gasteiger partial charge on any atom is -0.0199 e. The fourth-order valence-electron chi connectivity index (χ4n) is 3.06. The van der Waals surface area contributed by atoms with Gasteiger partial charge < -0.3 is 0 Å². The van der Waals surface area contributed by atoms with Crippen molar-refractivity contribution in [2.75, 3.05) is 0 Å². The van der Waals surface area contributed by atoms with Gasteiger partial charge in [-0.05, 0) is 49.4 Å². The standard InChI is InChI=1S/C10H14/c1-2-7-4-5-8-6-10(8)9(7)3-1/h1-2,7-10H,3-6H2. The molecule has 0 N–H and O–H groups in total. The number of hydrogen-bond acceptors (Lipinski definition) is 0. The summed E-state index contributed by atoms with van der Waals surface area (Å²) in [6.45, 7) is 0. The van der Waals surface area contributed by atoms with Crippen LogP contribution >= 0.6 is 0 Å². The molecule has 0 aliphatic heterocycles. The van der Waals surface area contributed by atoms with Gasteiger partial charge in [0.05, 0.1) is 0 Å². The normalized spacial score (nSPS) is 56.0. The van der Waals surface area contributed by atoms with Crippen molar-refractivity contribution in [1.82, 2.24) is 0 Å². The highest BCUT2D eigenvalue weighted by Gasteiger charge is 2.48. The van der Waals surface area contributed by atoms with Gasteiger partial charge in [-0.25, -0.2) is 0 Å². The average Bonchev–Trinajstić information content (AvgIpc) is 2.60. The van der Waals surface area contributed by atoms with Gasteiger partial charge in [-0.3, -0.25) is 0 Å². The largest absolute Gasteiger partial charge is 0.0879 e. The van der Waals surface area contributed by atoms with E-state index >= 15 is 0 Å². The fourth-order valence-corrected chi connectivity index (χ4v) is 3.06. The van der Waals surface area contributed by atoms with Crippen LogP contribution in [0, 0.1) is 23.7 Å². The highest BCUT2D eigenvalue weighted by Crippen LogP contribution is 2.57. The molecule has 0 spiro atoms. The van der Waals surface area contributed by atoms with Gasteiger partial charge in [0.1, 0.15) is 0 Å². The molecule has 4 unspecified atom stereocenters. The van der Waals surface area contributed by atoms with Crippen molar-refractivity contribution in [3.05, 3.63) is 12.2 Å². The highest BCUT2D eigenvalue weighted by molar-refractivity contribution is 5.10. The van der Waals surface area contributed by atoms with Crippen LogP contribution in [0.3, 0.4) is 0 Å². The predicted octanol–water partition coefficient (Wildman–Crippen LogP) is 2.61. The molecular weight excluding hydrogens is 120 g/mol. The minimum Gasteiger partial charge on any atom is -0.0879 e. The number of rotatable bonds is 0. The Morgan fingerprint density at radius 1 is 1.10 bits per heavy atom. The van der Waals surface area contributed by atoms with E-state index in [0.717, 1.165) is 17.8 Å². The molecule has 0 aromatic heterocycles. The van der Waals surface area contributed by atoms with E-state index in [1.165, 1.54) is 25.2 Å². The Bertz CT molecular complexity index is 180. The Kier molecular flexibility index (Phi) is 0.898. The lowest BCUT2D eigenvalue weighted by molar-refractivity contribution is 0.284. The van der Waals surface area contributed by atoms with Gasteiger partial charge in [-0.15, -0.1) is 0 Å². The van der Waals surface area contributed by atoms with Gasteiger partial charge >= 0.3 is 0 Å². The number of fused-ring (bicyclic) bond motifs is 3. The Morgan fingerprint density at radius 2 is 2.10 bits per heavy atom. The summed E-state index contributed by atoms with van der Waals surface area (Å²) in [5.41, 5.74) is 0. The molecule has 0 saturated heterocycles. The molecule has 0 heteroatoms.